The van der Waals surface area contributed by atoms with E-state index in [-0.39, 0.29) is 12.3 Å². The lowest BCUT2D eigenvalue weighted by atomic mass is 9.82. The van der Waals surface area contributed by atoms with Gasteiger partial charge in [0.1, 0.15) is 0 Å². The molecule has 4 nitrogen and oxygen atoms in total. The van der Waals surface area contributed by atoms with Crippen molar-refractivity contribution in [2.75, 3.05) is 5.32 Å². The summed E-state index contributed by atoms with van der Waals surface area (Å²) in [7, 11) is 0. The standard InChI is InChI=1S/C18H25NO3/c1-3-13-8-7-9-14(4-2)16(13)19-15(20)12-18(17(21)22)10-5-6-11-18/h7-9H,3-6,10-12H2,1-2H3,(H,19,20)(H,21,22). The molecule has 0 heterocycles. The van der Waals surface area contributed by atoms with E-state index in [9.17, 15) is 14.7 Å². The molecule has 0 bridgehead atoms. The van der Waals surface area contributed by atoms with E-state index in [1.54, 1.807) is 0 Å². The molecule has 0 spiro atoms. The molecular weight excluding hydrogens is 278 g/mol. The largest absolute Gasteiger partial charge is 0.481 e. The average molecular weight is 303 g/mol. The highest BCUT2D eigenvalue weighted by molar-refractivity contribution is 5.95. The first-order valence-corrected chi connectivity index (χ1v) is 8.16. The monoisotopic (exact) mass is 303 g/mol. The highest BCUT2D eigenvalue weighted by atomic mass is 16.4. The molecule has 2 rings (SSSR count). The van der Waals surface area contributed by atoms with Crippen molar-refractivity contribution in [2.45, 2.75) is 58.8 Å². The fraction of sp³-hybridized carbons (Fsp3) is 0.556. The first kappa shape index (κ1) is 16.5. The van der Waals surface area contributed by atoms with Crippen LogP contribution >= 0.6 is 0 Å². The van der Waals surface area contributed by atoms with Crippen LogP contribution in [0.1, 0.15) is 57.1 Å². The van der Waals surface area contributed by atoms with Gasteiger partial charge in [-0.2, -0.15) is 0 Å². The van der Waals surface area contributed by atoms with Gasteiger partial charge in [0.25, 0.3) is 0 Å². The van der Waals surface area contributed by atoms with E-state index in [1.165, 1.54) is 0 Å². The lowest BCUT2D eigenvalue weighted by Gasteiger charge is -2.23. The predicted octanol–water partition coefficient (Wildman–Crippen LogP) is 3.79. The van der Waals surface area contributed by atoms with Crippen molar-refractivity contribution in [2.24, 2.45) is 5.41 Å². The number of para-hydroxylation sites is 1. The number of benzene rings is 1. The minimum atomic E-state index is -0.863. The molecule has 1 aromatic carbocycles. The number of carbonyl (C=O) groups excluding carboxylic acids is 1. The number of hydrogen-bond acceptors (Lipinski definition) is 2. The van der Waals surface area contributed by atoms with Crippen LogP contribution in [0.4, 0.5) is 5.69 Å². The van der Waals surface area contributed by atoms with Crippen molar-refractivity contribution in [1.29, 1.82) is 0 Å². The third kappa shape index (κ3) is 3.32. The molecule has 1 amide bonds. The fourth-order valence-electron chi connectivity index (χ4n) is 3.41. The summed E-state index contributed by atoms with van der Waals surface area (Å²) in [5.74, 6) is -1.01. The van der Waals surface area contributed by atoms with Crippen LogP contribution in [-0.4, -0.2) is 17.0 Å². The van der Waals surface area contributed by atoms with E-state index in [0.29, 0.717) is 12.8 Å². The van der Waals surface area contributed by atoms with Crippen LogP contribution in [-0.2, 0) is 22.4 Å². The molecular formula is C18H25NO3. The number of nitrogens with one attached hydrogen (secondary N) is 1. The molecule has 2 N–H and O–H groups in total. The highest BCUT2D eigenvalue weighted by Crippen LogP contribution is 2.41. The number of aliphatic carboxylic acids is 1. The molecule has 4 heteroatoms. The SMILES string of the molecule is CCc1cccc(CC)c1NC(=O)CC1(C(=O)O)CCCC1. The van der Waals surface area contributed by atoms with Gasteiger partial charge in [-0.25, -0.2) is 0 Å². The number of rotatable bonds is 6. The van der Waals surface area contributed by atoms with Gasteiger partial charge in [-0.05, 0) is 36.8 Å². The molecule has 1 aliphatic rings. The molecule has 0 aromatic heterocycles. The summed E-state index contributed by atoms with van der Waals surface area (Å²) in [6, 6.07) is 6.03. The molecule has 1 saturated carbocycles. The van der Waals surface area contributed by atoms with E-state index in [4.69, 9.17) is 0 Å². The summed E-state index contributed by atoms with van der Waals surface area (Å²) >= 11 is 0. The lowest BCUT2D eigenvalue weighted by molar-refractivity contribution is -0.150. The first-order valence-electron chi connectivity index (χ1n) is 8.16. The maximum Gasteiger partial charge on any atom is 0.310 e. The third-order valence-electron chi connectivity index (χ3n) is 4.78. The Morgan fingerprint density at radius 1 is 1.14 bits per heavy atom. The normalized spacial score (nSPS) is 16.5. The van der Waals surface area contributed by atoms with E-state index in [1.807, 2.05) is 18.2 Å². The van der Waals surface area contributed by atoms with Crippen molar-refractivity contribution in [3.05, 3.63) is 29.3 Å². The van der Waals surface area contributed by atoms with Gasteiger partial charge in [0.05, 0.1) is 5.41 Å². The van der Waals surface area contributed by atoms with Crippen LogP contribution in [0.5, 0.6) is 0 Å². The summed E-state index contributed by atoms with van der Waals surface area (Å²) < 4.78 is 0. The van der Waals surface area contributed by atoms with Crippen molar-refractivity contribution in [1.82, 2.24) is 0 Å². The number of carbonyl (C=O) groups is 2. The number of carboxylic acid groups (broad SMARTS) is 1. The fourth-order valence-corrected chi connectivity index (χ4v) is 3.41. The highest BCUT2D eigenvalue weighted by Gasteiger charge is 2.43. The third-order valence-corrected chi connectivity index (χ3v) is 4.78. The quantitative estimate of drug-likeness (QED) is 0.840. The Labute approximate surface area is 131 Å². The van der Waals surface area contributed by atoms with Gasteiger partial charge in [-0.1, -0.05) is 44.9 Å². The van der Waals surface area contributed by atoms with E-state index < -0.39 is 11.4 Å². The lowest BCUT2D eigenvalue weighted by Crippen LogP contribution is -2.33. The summed E-state index contributed by atoms with van der Waals surface area (Å²) in [5, 5.41) is 12.5. The molecule has 0 radical (unpaired) electrons. The average Bonchev–Trinajstić information content (AvgIpc) is 2.97. The number of carboxylic acids is 1. The maximum absolute atomic E-state index is 12.4. The van der Waals surface area contributed by atoms with E-state index in [0.717, 1.165) is 42.5 Å². The van der Waals surface area contributed by atoms with Crippen LogP contribution in [0.15, 0.2) is 18.2 Å². The summed E-state index contributed by atoms with van der Waals surface area (Å²) in [4.78, 5) is 24.0. The van der Waals surface area contributed by atoms with Gasteiger partial charge in [0, 0.05) is 12.1 Å². The minimum Gasteiger partial charge on any atom is -0.481 e. The van der Waals surface area contributed by atoms with Gasteiger partial charge < -0.3 is 10.4 Å². The zero-order valence-electron chi connectivity index (χ0n) is 13.4. The molecule has 22 heavy (non-hydrogen) atoms. The minimum absolute atomic E-state index is 0.0730. The van der Waals surface area contributed by atoms with E-state index in [2.05, 4.69) is 19.2 Å². The summed E-state index contributed by atoms with van der Waals surface area (Å²) in [6.45, 7) is 4.11. The predicted molar refractivity (Wildman–Crippen MR) is 87.0 cm³/mol. The van der Waals surface area contributed by atoms with Crippen LogP contribution in [0, 0.1) is 5.41 Å². The Hall–Kier alpha value is -1.84. The first-order chi connectivity index (χ1) is 10.5. The van der Waals surface area contributed by atoms with Crippen molar-refractivity contribution in [3.63, 3.8) is 0 Å². The number of amides is 1. The molecule has 120 valence electrons. The summed E-state index contributed by atoms with van der Waals surface area (Å²) in [6.07, 6.45) is 4.75. The number of aryl methyl sites for hydroxylation is 2. The Balaban J connectivity index is 2.17. The van der Waals surface area contributed by atoms with Crippen molar-refractivity contribution in [3.8, 4) is 0 Å². The van der Waals surface area contributed by atoms with Gasteiger partial charge in [0.15, 0.2) is 0 Å². The number of hydrogen-bond donors (Lipinski definition) is 2. The van der Waals surface area contributed by atoms with Crippen molar-refractivity contribution >= 4 is 17.6 Å². The summed E-state index contributed by atoms with van der Waals surface area (Å²) in [5.41, 5.74) is 2.21. The van der Waals surface area contributed by atoms with Crippen LogP contribution in [0.25, 0.3) is 0 Å². The Morgan fingerprint density at radius 3 is 2.14 bits per heavy atom. The molecule has 0 saturated heterocycles. The second-order valence-electron chi connectivity index (χ2n) is 6.18. The second kappa shape index (κ2) is 6.95. The van der Waals surface area contributed by atoms with Crippen LogP contribution in [0.2, 0.25) is 0 Å². The molecule has 1 fully saturated rings. The van der Waals surface area contributed by atoms with Crippen LogP contribution < -0.4 is 5.32 Å². The van der Waals surface area contributed by atoms with Gasteiger partial charge in [-0.15, -0.1) is 0 Å². The Bertz CT molecular complexity index is 537. The van der Waals surface area contributed by atoms with Gasteiger partial charge in [-0.3, -0.25) is 9.59 Å². The topological polar surface area (TPSA) is 66.4 Å². The molecule has 0 unspecified atom stereocenters. The molecule has 0 aliphatic heterocycles. The molecule has 0 atom stereocenters. The van der Waals surface area contributed by atoms with Crippen molar-refractivity contribution < 1.29 is 14.7 Å². The smallest absolute Gasteiger partial charge is 0.310 e. The molecule has 1 aromatic rings. The van der Waals surface area contributed by atoms with Gasteiger partial charge in [0.2, 0.25) is 5.91 Å². The van der Waals surface area contributed by atoms with E-state index >= 15 is 0 Å². The number of anilines is 1. The Kier molecular flexibility index (Phi) is 5.22. The molecule has 1 aliphatic carbocycles. The maximum atomic E-state index is 12.4. The Morgan fingerprint density at radius 2 is 1.68 bits per heavy atom. The second-order valence-corrected chi connectivity index (χ2v) is 6.18. The zero-order chi connectivity index (χ0) is 16.2. The van der Waals surface area contributed by atoms with Gasteiger partial charge >= 0.3 is 5.97 Å². The zero-order valence-corrected chi connectivity index (χ0v) is 13.4. The van der Waals surface area contributed by atoms with Crippen LogP contribution in [0.3, 0.4) is 0 Å².